The van der Waals surface area contributed by atoms with Crippen LogP contribution in [-0.2, 0) is 14.3 Å². The number of methoxy groups -OCH3 is 1. The number of carbonyl (C=O) groups is 2. The van der Waals surface area contributed by atoms with Crippen LogP contribution < -0.4 is 0 Å². The Bertz CT molecular complexity index is 527. The molecule has 0 aliphatic carbocycles. The molecule has 0 spiro atoms. The van der Waals surface area contributed by atoms with Crippen molar-refractivity contribution >= 4 is 24.1 Å². The third-order valence-electron chi connectivity index (χ3n) is 2.46. The highest BCUT2D eigenvalue weighted by Gasteiger charge is 1.99. The van der Waals surface area contributed by atoms with Crippen LogP contribution in [0.25, 0.3) is 12.2 Å². The number of carbonyl (C=O) groups excluding carboxylic acids is 1. The van der Waals surface area contributed by atoms with E-state index in [1.165, 1.54) is 13.2 Å². The van der Waals surface area contributed by atoms with E-state index < -0.39 is 5.97 Å². The predicted octanol–water partition coefficient (Wildman–Crippen LogP) is 2.67. The fourth-order valence-corrected chi connectivity index (χ4v) is 1.52. The quantitative estimate of drug-likeness (QED) is 0.653. The summed E-state index contributed by atoms with van der Waals surface area (Å²) in [5.74, 6) is -1.31. The first kappa shape index (κ1) is 14.7. The van der Waals surface area contributed by atoms with Gasteiger partial charge in [0, 0.05) is 6.08 Å². The van der Waals surface area contributed by atoms with Crippen LogP contribution in [0.1, 0.15) is 23.1 Å². The number of benzene rings is 1. The molecule has 0 atom stereocenters. The molecule has 19 heavy (non-hydrogen) atoms. The van der Waals surface area contributed by atoms with Crippen LogP contribution in [0.2, 0.25) is 0 Å². The number of carboxylic acids is 1. The Kier molecular flexibility index (Phi) is 5.54. The summed E-state index contributed by atoms with van der Waals surface area (Å²) >= 11 is 0. The number of ether oxygens (including phenoxy) is 1. The van der Waals surface area contributed by atoms with E-state index >= 15 is 0 Å². The zero-order valence-electron chi connectivity index (χ0n) is 10.9. The van der Waals surface area contributed by atoms with E-state index in [1.807, 2.05) is 25.1 Å². The fourth-order valence-electron chi connectivity index (χ4n) is 1.52. The van der Waals surface area contributed by atoms with Crippen LogP contribution in [0.3, 0.4) is 0 Å². The van der Waals surface area contributed by atoms with E-state index in [2.05, 4.69) is 4.74 Å². The zero-order valence-corrected chi connectivity index (χ0v) is 10.9. The van der Waals surface area contributed by atoms with Gasteiger partial charge < -0.3 is 9.84 Å². The molecule has 0 aliphatic rings. The average Bonchev–Trinajstić information content (AvgIpc) is 2.37. The first-order valence-corrected chi connectivity index (χ1v) is 5.78. The standard InChI is InChI=1S/C15H16O4/c1-11-6-7-12(8-9-14(16)17)13(10-11)4-3-5-15(18)19-2/h3-4,6-10H,5H2,1-2H3,(H,16,17). The summed E-state index contributed by atoms with van der Waals surface area (Å²) in [4.78, 5) is 21.5. The van der Waals surface area contributed by atoms with Crippen LogP contribution >= 0.6 is 0 Å². The fraction of sp³-hybridized carbons (Fsp3) is 0.200. The maximum Gasteiger partial charge on any atom is 0.328 e. The lowest BCUT2D eigenvalue weighted by Crippen LogP contribution is -1.96. The summed E-state index contributed by atoms with van der Waals surface area (Å²) in [6.07, 6.45) is 6.28. The molecular weight excluding hydrogens is 244 g/mol. The molecule has 1 N–H and O–H groups in total. The van der Waals surface area contributed by atoms with Crippen molar-refractivity contribution in [3.63, 3.8) is 0 Å². The Labute approximate surface area is 112 Å². The van der Waals surface area contributed by atoms with Crippen LogP contribution in [0.5, 0.6) is 0 Å². The van der Waals surface area contributed by atoms with Crippen molar-refractivity contribution in [2.75, 3.05) is 7.11 Å². The molecule has 1 rings (SSSR count). The number of aliphatic carboxylic acids is 1. The lowest BCUT2D eigenvalue weighted by atomic mass is 10.0. The second-order valence-electron chi connectivity index (χ2n) is 3.99. The zero-order chi connectivity index (χ0) is 14.3. The first-order chi connectivity index (χ1) is 9.02. The Hall–Kier alpha value is -2.36. The van der Waals surface area contributed by atoms with Crippen molar-refractivity contribution in [1.82, 2.24) is 0 Å². The molecule has 0 aromatic heterocycles. The van der Waals surface area contributed by atoms with Crippen molar-refractivity contribution in [3.05, 3.63) is 47.0 Å². The van der Waals surface area contributed by atoms with E-state index in [4.69, 9.17) is 5.11 Å². The minimum atomic E-state index is -0.995. The second kappa shape index (κ2) is 7.16. The molecule has 1 aromatic rings. The van der Waals surface area contributed by atoms with Gasteiger partial charge in [-0.2, -0.15) is 0 Å². The Morgan fingerprint density at radius 3 is 2.63 bits per heavy atom. The minimum Gasteiger partial charge on any atom is -0.478 e. The molecule has 0 radical (unpaired) electrons. The van der Waals surface area contributed by atoms with Crippen LogP contribution in [-0.4, -0.2) is 24.2 Å². The van der Waals surface area contributed by atoms with Gasteiger partial charge >= 0.3 is 11.9 Å². The molecule has 0 saturated heterocycles. The number of carboxylic acid groups (broad SMARTS) is 1. The molecule has 100 valence electrons. The number of aryl methyl sites for hydroxylation is 1. The van der Waals surface area contributed by atoms with Crippen molar-refractivity contribution < 1.29 is 19.4 Å². The second-order valence-corrected chi connectivity index (χ2v) is 3.99. The van der Waals surface area contributed by atoms with E-state index in [-0.39, 0.29) is 12.4 Å². The normalized spacial score (nSPS) is 11.1. The van der Waals surface area contributed by atoms with Gasteiger partial charge in [0.25, 0.3) is 0 Å². The number of hydrogen-bond acceptors (Lipinski definition) is 3. The van der Waals surface area contributed by atoms with Gasteiger partial charge in [-0.3, -0.25) is 4.79 Å². The highest BCUT2D eigenvalue weighted by atomic mass is 16.5. The Morgan fingerprint density at radius 1 is 1.26 bits per heavy atom. The highest BCUT2D eigenvalue weighted by Crippen LogP contribution is 2.15. The molecular formula is C15H16O4. The van der Waals surface area contributed by atoms with Crippen molar-refractivity contribution in [1.29, 1.82) is 0 Å². The van der Waals surface area contributed by atoms with Gasteiger partial charge in [-0.1, -0.05) is 35.9 Å². The third kappa shape index (κ3) is 5.21. The maximum atomic E-state index is 11.0. The molecule has 0 aliphatic heterocycles. The molecule has 4 heteroatoms. The van der Waals surface area contributed by atoms with Crippen molar-refractivity contribution in [2.45, 2.75) is 13.3 Å². The van der Waals surface area contributed by atoms with E-state index in [1.54, 1.807) is 12.2 Å². The van der Waals surface area contributed by atoms with Crippen LogP contribution in [0, 0.1) is 6.92 Å². The molecule has 4 nitrogen and oxygen atoms in total. The minimum absolute atomic E-state index is 0.187. The Balaban J connectivity index is 2.94. The van der Waals surface area contributed by atoms with Gasteiger partial charge in [0.05, 0.1) is 13.5 Å². The smallest absolute Gasteiger partial charge is 0.328 e. The Morgan fingerprint density at radius 2 is 2.00 bits per heavy atom. The first-order valence-electron chi connectivity index (χ1n) is 5.78. The monoisotopic (exact) mass is 260 g/mol. The molecule has 0 saturated carbocycles. The summed E-state index contributed by atoms with van der Waals surface area (Å²) in [5.41, 5.74) is 2.71. The summed E-state index contributed by atoms with van der Waals surface area (Å²) < 4.78 is 4.54. The average molecular weight is 260 g/mol. The van der Waals surface area contributed by atoms with Crippen LogP contribution in [0.15, 0.2) is 30.4 Å². The molecule has 0 unspecified atom stereocenters. The molecule has 0 heterocycles. The number of hydrogen-bond donors (Lipinski definition) is 1. The lowest BCUT2D eigenvalue weighted by molar-refractivity contribution is -0.139. The van der Waals surface area contributed by atoms with Gasteiger partial charge in [-0.15, -0.1) is 0 Å². The van der Waals surface area contributed by atoms with Gasteiger partial charge in [-0.25, -0.2) is 4.79 Å². The third-order valence-corrected chi connectivity index (χ3v) is 2.46. The van der Waals surface area contributed by atoms with E-state index in [9.17, 15) is 9.59 Å². The topological polar surface area (TPSA) is 63.6 Å². The predicted molar refractivity (Wildman–Crippen MR) is 73.5 cm³/mol. The van der Waals surface area contributed by atoms with Gasteiger partial charge in [0.15, 0.2) is 0 Å². The SMILES string of the molecule is COC(=O)CC=Cc1cc(C)ccc1C=CC(=O)O. The lowest BCUT2D eigenvalue weighted by Gasteiger charge is -2.02. The van der Waals surface area contributed by atoms with Crippen molar-refractivity contribution in [2.24, 2.45) is 0 Å². The van der Waals surface area contributed by atoms with Crippen molar-refractivity contribution in [3.8, 4) is 0 Å². The molecule has 0 amide bonds. The van der Waals surface area contributed by atoms with E-state index in [0.717, 1.165) is 22.8 Å². The molecule has 0 bridgehead atoms. The molecule has 1 aromatic carbocycles. The largest absolute Gasteiger partial charge is 0.478 e. The molecule has 0 fully saturated rings. The summed E-state index contributed by atoms with van der Waals surface area (Å²) in [6, 6.07) is 5.67. The number of esters is 1. The van der Waals surface area contributed by atoms with Gasteiger partial charge in [0.1, 0.15) is 0 Å². The van der Waals surface area contributed by atoms with Gasteiger partial charge in [-0.05, 0) is 24.1 Å². The highest BCUT2D eigenvalue weighted by molar-refractivity contribution is 5.86. The van der Waals surface area contributed by atoms with Gasteiger partial charge in [0.2, 0.25) is 0 Å². The summed E-state index contributed by atoms with van der Waals surface area (Å²) in [5, 5.41) is 8.64. The summed E-state index contributed by atoms with van der Waals surface area (Å²) in [7, 11) is 1.34. The summed E-state index contributed by atoms with van der Waals surface area (Å²) in [6.45, 7) is 1.95. The van der Waals surface area contributed by atoms with Crippen LogP contribution in [0.4, 0.5) is 0 Å². The van der Waals surface area contributed by atoms with E-state index in [0.29, 0.717) is 0 Å². The number of rotatable bonds is 5. The maximum absolute atomic E-state index is 11.0.